The van der Waals surface area contributed by atoms with Crippen LogP contribution in [-0.2, 0) is 6.42 Å². The molecule has 140 valence electrons. The van der Waals surface area contributed by atoms with Gasteiger partial charge in [-0.1, -0.05) is 49.2 Å². The number of rotatable bonds is 1. The molecule has 0 fully saturated rings. The highest BCUT2D eigenvalue weighted by molar-refractivity contribution is 6.33. The molecule has 0 bridgehead atoms. The fourth-order valence-corrected chi connectivity index (χ4v) is 4.70. The van der Waals surface area contributed by atoms with Gasteiger partial charge in [0.15, 0.2) is 0 Å². The van der Waals surface area contributed by atoms with Crippen molar-refractivity contribution in [2.45, 2.75) is 34.1 Å². The third-order valence-corrected chi connectivity index (χ3v) is 5.91. The average Bonchev–Trinajstić information content (AvgIpc) is 2.88. The number of fused-ring (bicyclic) bond motifs is 2. The predicted octanol–water partition coefficient (Wildman–Crippen LogP) is 6.09. The van der Waals surface area contributed by atoms with E-state index >= 15 is 0 Å². The smallest absolute Gasteiger partial charge is 0.264 e. The maximum atomic E-state index is 13.7. The van der Waals surface area contributed by atoms with E-state index in [0.29, 0.717) is 5.02 Å². The van der Waals surface area contributed by atoms with E-state index in [1.165, 1.54) is 5.56 Å². The third-order valence-electron chi connectivity index (χ3n) is 5.68. The molecule has 5 rings (SSSR count). The Bertz CT molecular complexity index is 1220. The van der Waals surface area contributed by atoms with Gasteiger partial charge in [-0.25, -0.2) is 0 Å². The average molecular weight is 389 g/mol. The van der Waals surface area contributed by atoms with E-state index in [4.69, 9.17) is 16.6 Å². The van der Waals surface area contributed by atoms with Crippen molar-refractivity contribution in [2.24, 2.45) is 5.41 Å². The van der Waals surface area contributed by atoms with Gasteiger partial charge in [0.25, 0.3) is 5.91 Å². The number of halogens is 1. The number of pyridine rings is 1. The summed E-state index contributed by atoms with van der Waals surface area (Å²) in [5.74, 6) is 0.00168. The molecule has 1 aliphatic carbocycles. The highest BCUT2D eigenvalue weighted by Gasteiger charge is 2.42. The lowest BCUT2D eigenvalue weighted by atomic mass is 9.79. The Kier molecular flexibility index (Phi) is 3.54. The number of carbonyl (C=O) groups excluding carboxylic acids is 1. The SMILES string of the molecule is Cc1ccc(N2C(=O)c3c4c(nc5ccc(Cl)cc35)CC(C)(C)C=C42)c(C)c1. The van der Waals surface area contributed by atoms with Crippen molar-refractivity contribution < 1.29 is 4.79 Å². The van der Waals surface area contributed by atoms with E-state index in [0.717, 1.165) is 51.1 Å². The molecule has 28 heavy (non-hydrogen) atoms. The molecule has 2 heterocycles. The number of hydrogen-bond acceptors (Lipinski definition) is 2. The fourth-order valence-electron chi connectivity index (χ4n) is 4.53. The Morgan fingerprint density at radius 2 is 1.86 bits per heavy atom. The van der Waals surface area contributed by atoms with Gasteiger partial charge in [0.1, 0.15) is 0 Å². The number of allylic oxidation sites excluding steroid dienone is 1. The summed E-state index contributed by atoms with van der Waals surface area (Å²) in [5, 5.41) is 1.44. The summed E-state index contributed by atoms with van der Waals surface area (Å²) in [5.41, 5.74) is 7.59. The molecule has 3 aromatic rings. The summed E-state index contributed by atoms with van der Waals surface area (Å²) in [7, 11) is 0. The number of anilines is 1. The molecule has 0 spiro atoms. The van der Waals surface area contributed by atoms with Crippen LogP contribution in [0.1, 0.15) is 46.6 Å². The van der Waals surface area contributed by atoms with Crippen molar-refractivity contribution in [3.8, 4) is 0 Å². The molecule has 1 aromatic heterocycles. The summed E-state index contributed by atoms with van der Waals surface area (Å²) in [6.07, 6.45) is 3.03. The maximum Gasteiger partial charge on any atom is 0.264 e. The molecule has 4 heteroatoms. The van der Waals surface area contributed by atoms with Crippen molar-refractivity contribution in [3.05, 3.63) is 75.4 Å². The number of carbonyl (C=O) groups is 1. The number of amides is 1. The topological polar surface area (TPSA) is 33.2 Å². The van der Waals surface area contributed by atoms with Crippen LogP contribution in [0, 0.1) is 19.3 Å². The van der Waals surface area contributed by atoms with Crippen LogP contribution in [0.2, 0.25) is 5.02 Å². The van der Waals surface area contributed by atoms with Crippen LogP contribution in [0.5, 0.6) is 0 Å². The zero-order chi connectivity index (χ0) is 19.8. The van der Waals surface area contributed by atoms with E-state index in [-0.39, 0.29) is 11.3 Å². The van der Waals surface area contributed by atoms with Crippen molar-refractivity contribution >= 4 is 39.8 Å². The first-order valence-electron chi connectivity index (χ1n) is 9.52. The van der Waals surface area contributed by atoms with Gasteiger partial charge >= 0.3 is 0 Å². The van der Waals surface area contributed by atoms with Crippen molar-refractivity contribution in [1.82, 2.24) is 4.98 Å². The Labute approximate surface area is 169 Å². The number of nitrogens with zero attached hydrogens (tertiary/aromatic N) is 2. The van der Waals surface area contributed by atoms with Gasteiger partial charge in [-0.05, 0) is 55.5 Å². The van der Waals surface area contributed by atoms with Crippen LogP contribution >= 0.6 is 11.6 Å². The number of hydrogen-bond donors (Lipinski definition) is 0. The maximum absolute atomic E-state index is 13.7. The molecule has 3 nitrogen and oxygen atoms in total. The van der Waals surface area contributed by atoms with E-state index in [2.05, 4.69) is 45.9 Å². The molecule has 1 aliphatic heterocycles. The van der Waals surface area contributed by atoms with Crippen LogP contribution < -0.4 is 4.90 Å². The summed E-state index contributed by atoms with van der Waals surface area (Å²) >= 11 is 6.27. The molecule has 2 aromatic carbocycles. The monoisotopic (exact) mass is 388 g/mol. The van der Waals surface area contributed by atoms with Gasteiger partial charge in [-0.15, -0.1) is 0 Å². The Morgan fingerprint density at radius 1 is 1.07 bits per heavy atom. The summed E-state index contributed by atoms with van der Waals surface area (Å²) in [6.45, 7) is 8.51. The van der Waals surface area contributed by atoms with Crippen LogP contribution in [0.25, 0.3) is 16.6 Å². The molecule has 2 aliphatic rings. The lowest BCUT2D eigenvalue weighted by Crippen LogP contribution is -2.26. The normalized spacial score (nSPS) is 17.1. The fraction of sp³-hybridized carbons (Fsp3) is 0.250. The van der Waals surface area contributed by atoms with Crippen molar-refractivity contribution in [2.75, 3.05) is 4.90 Å². The third kappa shape index (κ3) is 2.43. The Morgan fingerprint density at radius 3 is 2.61 bits per heavy atom. The van der Waals surface area contributed by atoms with Crippen LogP contribution in [-0.4, -0.2) is 10.9 Å². The second-order valence-electron chi connectivity index (χ2n) is 8.60. The Hall–Kier alpha value is -2.65. The summed E-state index contributed by atoms with van der Waals surface area (Å²) in [4.78, 5) is 20.5. The van der Waals surface area contributed by atoms with Crippen LogP contribution in [0.4, 0.5) is 5.69 Å². The van der Waals surface area contributed by atoms with Gasteiger partial charge in [0.05, 0.1) is 28.2 Å². The molecule has 0 N–H and O–H groups in total. The zero-order valence-electron chi connectivity index (χ0n) is 16.4. The second-order valence-corrected chi connectivity index (χ2v) is 9.03. The van der Waals surface area contributed by atoms with Crippen LogP contribution in [0.15, 0.2) is 42.5 Å². The molecule has 1 amide bonds. The highest BCUT2D eigenvalue weighted by Crippen LogP contribution is 2.48. The van der Waals surface area contributed by atoms with E-state index < -0.39 is 0 Å². The van der Waals surface area contributed by atoms with E-state index in [1.54, 1.807) is 0 Å². The predicted molar refractivity (Wildman–Crippen MR) is 115 cm³/mol. The minimum absolute atomic E-state index is 0.00168. The number of benzene rings is 2. The minimum Gasteiger partial charge on any atom is -0.276 e. The van der Waals surface area contributed by atoms with Crippen molar-refractivity contribution in [1.29, 1.82) is 0 Å². The molecule has 0 radical (unpaired) electrons. The van der Waals surface area contributed by atoms with E-state index in [9.17, 15) is 4.79 Å². The van der Waals surface area contributed by atoms with E-state index in [1.807, 2.05) is 29.2 Å². The molecule has 0 saturated heterocycles. The van der Waals surface area contributed by atoms with Crippen molar-refractivity contribution in [3.63, 3.8) is 0 Å². The first-order chi connectivity index (χ1) is 13.2. The van der Waals surface area contributed by atoms with Gasteiger partial charge in [-0.2, -0.15) is 0 Å². The standard InChI is InChI=1S/C24H21ClN2O/c1-13-5-8-19(14(2)9-13)27-20-12-24(3,4)11-18-22(20)21(23(27)28)16-10-15(25)6-7-17(16)26-18/h5-10,12H,11H2,1-4H3. The minimum atomic E-state index is -0.0752. The lowest BCUT2D eigenvalue weighted by Gasteiger charge is -2.30. The molecular weight excluding hydrogens is 368 g/mol. The quantitative estimate of drug-likeness (QED) is 0.505. The zero-order valence-corrected chi connectivity index (χ0v) is 17.2. The first kappa shape index (κ1) is 17.4. The Balaban J connectivity index is 1.86. The van der Waals surface area contributed by atoms with Gasteiger partial charge in [0.2, 0.25) is 0 Å². The summed E-state index contributed by atoms with van der Waals surface area (Å²) in [6, 6.07) is 11.8. The molecule has 0 atom stereocenters. The summed E-state index contributed by atoms with van der Waals surface area (Å²) < 4.78 is 0. The molecule has 0 saturated carbocycles. The van der Waals surface area contributed by atoms with Gasteiger partial charge in [-0.3, -0.25) is 14.7 Å². The molecular formula is C24H21ClN2O. The highest BCUT2D eigenvalue weighted by atomic mass is 35.5. The van der Waals surface area contributed by atoms with Crippen LogP contribution in [0.3, 0.4) is 0 Å². The molecule has 0 unspecified atom stereocenters. The number of aryl methyl sites for hydroxylation is 2. The number of aromatic nitrogens is 1. The van der Waals surface area contributed by atoms with Gasteiger partial charge in [0, 0.05) is 16.0 Å². The second kappa shape index (κ2) is 5.68. The first-order valence-corrected chi connectivity index (χ1v) is 9.90. The lowest BCUT2D eigenvalue weighted by molar-refractivity contribution is 0.101. The largest absolute Gasteiger partial charge is 0.276 e. The van der Waals surface area contributed by atoms with Gasteiger partial charge < -0.3 is 0 Å².